The van der Waals surface area contributed by atoms with Crippen LogP contribution in [0.4, 0.5) is 0 Å². The number of likely N-dealkylation sites (N-methyl/N-ethyl adjacent to an activating group) is 2. The van der Waals surface area contributed by atoms with Gasteiger partial charge in [-0.3, -0.25) is 9.59 Å². The maximum absolute atomic E-state index is 13.7. The lowest BCUT2D eigenvalue weighted by molar-refractivity contribution is -0.290. The number of hydrogen-bond acceptors (Lipinski definition) is 10. The van der Waals surface area contributed by atoms with Gasteiger partial charge >= 0.3 is 0 Å². The lowest BCUT2D eigenvalue weighted by Crippen LogP contribution is -2.58. The molecule has 13 heteroatoms. The molecule has 13 atom stereocenters. The molecule has 50 heavy (non-hydrogen) atoms. The van der Waals surface area contributed by atoms with Crippen molar-refractivity contribution < 1.29 is 43.5 Å². The predicted molar refractivity (Wildman–Crippen MR) is 191 cm³/mol. The quantitative estimate of drug-likeness (QED) is 0.308. The normalized spacial score (nSPS) is 38.1. The standard InChI is InChI=1S/C37H68N4O9/c1-20(2)31(43)37(11,46-14)17-24(7)47-29-25(8)32(36(10,45)16-22(5)19-40(12)28(42)18-38-33(44)26(29)9)50-34-30-27(15-23(6)48-34)41(13)35(49-30)39-21(3)4/h20-27,29-32,34,43,45H,15-19H2,1-14H3,(H,38,44)/t22-,23-,24?,25+,26-,27+,29?,30-,31+,32-,34+,36-,37-/m1/s1. The minimum absolute atomic E-state index is 0.0297. The van der Waals surface area contributed by atoms with Crippen molar-refractivity contribution >= 4 is 17.8 Å². The van der Waals surface area contributed by atoms with Gasteiger partial charge in [-0.1, -0.05) is 34.6 Å². The van der Waals surface area contributed by atoms with E-state index in [1.807, 2.05) is 74.3 Å². The minimum atomic E-state index is -1.44. The average Bonchev–Trinajstić information content (AvgIpc) is 3.32. The van der Waals surface area contributed by atoms with Crippen molar-refractivity contribution in [2.45, 2.75) is 162 Å². The van der Waals surface area contributed by atoms with Crippen molar-refractivity contribution in [1.29, 1.82) is 0 Å². The first-order valence-electron chi connectivity index (χ1n) is 18.5. The van der Waals surface area contributed by atoms with Gasteiger partial charge in [-0.25, -0.2) is 4.99 Å². The maximum Gasteiger partial charge on any atom is 0.288 e. The number of amidine groups is 1. The highest BCUT2D eigenvalue weighted by Crippen LogP contribution is 2.39. The first kappa shape index (κ1) is 42.4. The van der Waals surface area contributed by atoms with Crippen molar-refractivity contribution in [3.8, 4) is 0 Å². The zero-order valence-corrected chi connectivity index (χ0v) is 33.1. The van der Waals surface area contributed by atoms with Gasteiger partial charge in [0.05, 0.1) is 60.2 Å². The summed E-state index contributed by atoms with van der Waals surface area (Å²) < 4.78 is 32.4. The summed E-state index contributed by atoms with van der Waals surface area (Å²) in [6.45, 7) is 21.3. The highest BCUT2D eigenvalue weighted by atomic mass is 16.7. The van der Waals surface area contributed by atoms with Crippen LogP contribution in [-0.2, 0) is 33.3 Å². The van der Waals surface area contributed by atoms with E-state index in [1.165, 1.54) is 0 Å². The fourth-order valence-electron chi connectivity index (χ4n) is 8.16. The summed E-state index contributed by atoms with van der Waals surface area (Å²) in [6, 6.07) is 0.510. The number of carbonyl (C=O) groups is 2. The fourth-order valence-corrected chi connectivity index (χ4v) is 8.16. The number of ether oxygens (including phenoxy) is 5. The Labute approximate surface area is 300 Å². The van der Waals surface area contributed by atoms with E-state index in [4.69, 9.17) is 28.7 Å². The van der Waals surface area contributed by atoms with E-state index >= 15 is 0 Å². The first-order chi connectivity index (χ1) is 23.1. The molecule has 3 aliphatic heterocycles. The van der Waals surface area contributed by atoms with Crippen LogP contribution >= 0.6 is 0 Å². The molecular formula is C37H68N4O9. The number of nitrogens with one attached hydrogen (secondary N) is 1. The van der Waals surface area contributed by atoms with Crippen LogP contribution in [-0.4, -0.2) is 138 Å². The monoisotopic (exact) mass is 712 g/mol. The van der Waals surface area contributed by atoms with Crippen molar-refractivity contribution in [2.75, 3.05) is 34.3 Å². The van der Waals surface area contributed by atoms with Crippen molar-refractivity contribution in [3.63, 3.8) is 0 Å². The van der Waals surface area contributed by atoms with E-state index in [9.17, 15) is 19.8 Å². The average molecular weight is 713 g/mol. The van der Waals surface area contributed by atoms with Crippen LogP contribution in [0, 0.1) is 23.7 Å². The highest BCUT2D eigenvalue weighted by Gasteiger charge is 2.53. The number of aliphatic imine (C=N–C) groups is 1. The van der Waals surface area contributed by atoms with Gasteiger partial charge < -0.3 is 49.0 Å². The van der Waals surface area contributed by atoms with E-state index in [1.54, 1.807) is 32.9 Å². The second-order valence-corrected chi connectivity index (χ2v) is 16.5. The van der Waals surface area contributed by atoms with Crippen molar-refractivity contribution in [1.82, 2.24) is 15.1 Å². The molecule has 0 aromatic carbocycles. The Morgan fingerprint density at radius 3 is 2.34 bits per heavy atom. The van der Waals surface area contributed by atoms with Crippen LogP contribution < -0.4 is 5.32 Å². The van der Waals surface area contributed by atoms with Crippen LogP contribution in [0.15, 0.2) is 4.99 Å². The highest BCUT2D eigenvalue weighted by molar-refractivity contribution is 5.86. The molecule has 3 saturated heterocycles. The molecule has 2 amide bonds. The van der Waals surface area contributed by atoms with Crippen molar-refractivity contribution in [3.05, 3.63) is 0 Å². The molecule has 3 rings (SSSR count). The SMILES string of the molecule is CO[C@](C)(CC(C)OC1[C@@H](C)C(=O)NCC(=O)N(C)C[C@H](C)C[C@@](C)(O)[C@H](O[C@@H]2O[C@H](C)C[C@H]3[C@H]2OC(=NC(C)C)N3C)[C@H]1C)[C@@H](O)C(C)C. The predicted octanol–water partition coefficient (Wildman–Crippen LogP) is 3.19. The number of methoxy groups -OCH3 is 1. The van der Waals surface area contributed by atoms with Gasteiger partial charge in [0.15, 0.2) is 12.4 Å². The molecule has 0 aromatic rings. The zero-order chi connectivity index (χ0) is 37.9. The molecule has 0 radical (unpaired) electrons. The van der Waals surface area contributed by atoms with E-state index in [-0.39, 0.29) is 48.4 Å². The van der Waals surface area contributed by atoms with Crippen LogP contribution in [0.25, 0.3) is 0 Å². The molecule has 3 fully saturated rings. The van der Waals surface area contributed by atoms with Gasteiger partial charge in [-0.2, -0.15) is 0 Å². The molecule has 0 aromatic heterocycles. The zero-order valence-electron chi connectivity index (χ0n) is 33.1. The lowest BCUT2D eigenvalue weighted by Gasteiger charge is -2.46. The van der Waals surface area contributed by atoms with E-state index in [0.29, 0.717) is 31.8 Å². The third-order valence-electron chi connectivity index (χ3n) is 10.8. The van der Waals surface area contributed by atoms with Crippen LogP contribution in [0.3, 0.4) is 0 Å². The molecule has 2 unspecified atom stereocenters. The van der Waals surface area contributed by atoms with Gasteiger partial charge in [0.25, 0.3) is 6.02 Å². The number of aliphatic hydroxyl groups is 2. The van der Waals surface area contributed by atoms with Gasteiger partial charge in [0.1, 0.15) is 0 Å². The summed E-state index contributed by atoms with van der Waals surface area (Å²) in [4.78, 5) is 35.0. The summed E-state index contributed by atoms with van der Waals surface area (Å²) in [7, 11) is 5.24. The molecule has 3 aliphatic rings. The number of nitrogens with zero attached hydrogens (tertiary/aromatic N) is 3. The second-order valence-electron chi connectivity index (χ2n) is 16.5. The molecule has 3 N–H and O–H groups in total. The third-order valence-corrected chi connectivity index (χ3v) is 10.8. The minimum Gasteiger partial charge on any atom is -0.454 e. The first-order valence-corrected chi connectivity index (χ1v) is 18.5. The van der Waals surface area contributed by atoms with E-state index in [2.05, 4.69) is 5.32 Å². The third kappa shape index (κ3) is 10.1. The van der Waals surface area contributed by atoms with Crippen LogP contribution in [0.5, 0.6) is 0 Å². The van der Waals surface area contributed by atoms with Gasteiger partial charge in [0.2, 0.25) is 11.8 Å². The van der Waals surface area contributed by atoms with Crippen LogP contribution in [0.2, 0.25) is 0 Å². The summed E-state index contributed by atoms with van der Waals surface area (Å²) in [5.41, 5.74) is -2.35. The summed E-state index contributed by atoms with van der Waals surface area (Å²) in [5.74, 6) is -2.04. The summed E-state index contributed by atoms with van der Waals surface area (Å²) in [5, 5.41) is 26.3. The van der Waals surface area contributed by atoms with Crippen molar-refractivity contribution in [2.24, 2.45) is 28.7 Å². The van der Waals surface area contributed by atoms with Gasteiger partial charge in [-0.05, 0) is 66.2 Å². The number of fused-ring (bicyclic) bond motifs is 1. The second kappa shape index (κ2) is 17.2. The molecule has 290 valence electrons. The number of amides is 2. The largest absolute Gasteiger partial charge is 0.454 e. The maximum atomic E-state index is 13.7. The Bertz CT molecular complexity index is 1170. The Morgan fingerprint density at radius 2 is 1.76 bits per heavy atom. The smallest absolute Gasteiger partial charge is 0.288 e. The molecule has 0 saturated carbocycles. The van der Waals surface area contributed by atoms with E-state index in [0.717, 1.165) is 0 Å². The number of aliphatic hydroxyl groups excluding tert-OH is 1. The lowest BCUT2D eigenvalue weighted by atomic mass is 9.77. The number of rotatable bonds is 10. The molecule has 3 heterocycles. The molecule has 0 spiro atoms. The Hall–Kier alpha value is -2.03. The Balaban J connectivity index is 2.07. The van der Waals surface area contributed by atoms with Gasteiger partial charge in [0, 0.05) is 46.1 Å². The summed E-state index contributed by atoms with van der Waals surface area (Å²) in [6.07, 6.45) is -3.03. The molecule has 0 bridgehead atoms. The van der Waals surface area contributed by atoms with E-state index < -0.39 is 59.8 Å². The fraction of sp³-hybridized carbons (Fsp3) is 0.919. The molecule has 13 nitrogen and oxygen atoms in total. The molecular weight excluding hydrogens is 644 g/mol. The Kier molecular flexibility index (Phi) is 14.6. The Morgan fingerprint density at radius 1 is 1.12 bits per heavy atom. The summed E-state index contributed by atoms with van der Waals surface area (Å²) >= 11 is 0. The van der Waals surface area contributed by atoms with Gasteiger partial charge in [-0.15, -0.1) is 0 Å². The number of hydrogen-bond donors (Lipinski definition) is 3. The topological polar surface area (TPSA) is 152 Å². The van der Waals surface area contributed by atoms with Crippen LogP contribution in [0.1, 0.15) is 95.4 Å². The number of carbonyl (C=O) groups excluding carboxylic acids is 2. The molecule has 0 aliphatic carbocycles.